The molecule has 6 rings (SSSR count). The Morgan fingerprint density at radius 2 is 1.67 bits per heavy atom. The quantitative estimate of drug-likeness (QED) is 0.476. The summed E-state index contributed by atoms with van der Waals surface area (Å²) in [5.74, 6) is -4.64. The fourth-order valence-corrected chi connectivity index (χ4v) is 5.76. The van der Waals surface area contributed by atoms with E-state index in [1.165, 1.54) is 14.2 Å². The molecule has 3 heterocycles. The molecule has 3 saturated heterocycles. The molecule has 1 amide bonds. The van der Waals surface area contributed by atoms with Crippen molar-refractivity contribution in [2.24, 2.45) is 11.8 Å². The molecule has 3 aliphatic heterocycles. The molecule has 6 atom stereocenters. The summed E-state index contributed by atoms with van der Waals surface area (Å²) < 4.78 is 28.1. The molecule has 0 spiro atoms. The van der Waals surface area contributed by atoms with Gasteiger partial charge < -0.3 is 29.0 Å². The first-order valence-corrected chi connectivity index (χ1v) is 12.7. The first-order chi connectivity index (χ1) is 18.9. The molecule has 0 bridgehead atoms. The third-order valence-electron chi connectivity index (χ3n) is 7.60. The third-order valence-corrected chi connectivity index (χ3v) is 7.60. The molecule has 200 valence electrons. The second-order valence-corrected chi connectivity index (χ2v) is 9.78. The molecule has 1 N–H and O–H groups in total. The first-order valence-electron chi connectivity index (χ1n) is 12.7. The predicted octanol–water partition coefficient (Wildman–Crippen LogP) is 4.10. The van der Waals surface area contributed by atoms with E-state index >= 15 is 0 Å². The summed E-state index contributed by atoms with van der Waals surface area (Å²) in [7, 11) is 2.64. The highest BCUT2D eigenvalue weighted by Gasteiger charge is 2.73. The zero-order valence-corrected chi connectivity index (χ0v) is 21.4. The van der Waals surface area contributed by atoms with Crippen LogP contribution in [0.5, 0.6) is 0 Å². The van der Waals surface area contributed by atoms with Gasteiger partial charge in [-0.1, -0.05) is 54.6 Å². The fourth-order valence-electron chi connectivity index (χ4n) is 5.76. The molecule has 3 aliphatic rings. The summed E-state index contributed by atoms with van der Waals surface area (Å²) in [5.41, 5.74) is 3.79. The van der Waals surface area contributed by atoms with Crippen LogP contribution in [0.4, 0.5) is 5.69 Å². The van der Waals surface area contributed by atoms with Gasteiger partial charge in [-0.25, -0.2) is 4.79 Å². The van der Waals surface area contributed by atoms with Crippen molar-refractivity contribution in [1.29, 1.82) is 0 Å². The monoisotopic (exact) mass is 529 g/mol. The predicted molar refractivity (Wildman–Crippen MR) is 138 cm³/mol. The number of hydrogen-bond donors (Lipinski definition) is 1. The van der Waals surface area contributed by atoms with Gasteiger partial charge in [0, 0.05) is 18.4 Å². The number of amides is 1. The number of carbonyl (C=O) groups excluding carboxylic acids is 3. The van der Waals surface area contributed by atoms with E-state index in [9.17, 15) is 14.4 Å². The van der Waals surface area contributed by atoms with Gasteiger partial charge in [-0.3, -0.25) is 9.59 Å². The highest BCUT2D eigenvalue weighted by Crippen LogP contribution is 2.56. The number of benzene rings is 3. The smallest absolute Gasteiger partial charge is 0.367 e. The van der Waals surface area contributed by atoms with Crippen molar-refractivity contribution in [3.63, 3.8) is 0 Å². The van der Waals surface area contributed by atoms with E-state index in [0.29, 0.717) is 16.8 Å². The molecule has 0 unspecified atom stereocenters. The van der Waals surface area contributed by atoms with Crippen LogP contribution in [0.15, 0.2) is 78.9 Å². The Hall–Kier alpha value is -4.05. The fraction of sp³-hybridized carbons (Fsp3) is 0.300. The summed E-state index contributed by atoms with van der Waals surface area (Å²) in [6, 6.07) is 24.4. The van der Waals surface area contributed by atoms with Crippen LogP contribution in [-0.2, 0) is 33.3 Å². The second kappa shape index (κ2) is 9.92. The van der Waals surface area contributed by atoms with Gasteiger partial charge in [0.2, 0.25) is 0 Å². The van der Waals surface area contributed by atoms with E-state index in [4.69, 9.17) is 23.7 Å². The summed E-state index contributed by atoms with van der Waals surface area (Å²) in [4.78, 5) is 38.7. The van der Waals surface area contributed by atoms with Crippen molar-refractivity contribution < 1.29 is 38.1 Å². The number of methoxy groups -OCH3 is 2. The summed E-state index contributed by atoms with van der Waals surface area (Å²) in [6.45, 7) is 0. The molecule has 39 heavy (non-hydrogen) atoms. The minimum atomic E-state index is -1.85. The van der Waals surface area contributed by atoms with Crippen LogP contribution in [0.1, 0.15) is 28.4 Å². The standard InChI is InChI=1S/C30H27NO8/c1-35-28-25-24-22(27(33)37-25)16-23(38-30(24,39-28)29(34)36-2)20-9-6-10-21(15-20)31-26(32)19-13-11-18(12-14-19)17-7-4-3-5-8-17/h3-15,22-25,28H,16H2,1-2H3,(H,31,32)/t22-,23-,24+,25-,28-,30+/m1/s1. The normalized spacial score (nSPS) is 28.9. The maximum atomic E-state index is 13.0. The molecular weight excluding hydrogens is 502 g/mol. The van der Waals surface area contributed by atoms with E-state index in [-0.39, 0.29) is 12.3 Å². The number of carbonyl (C=O) groups is 3. The molecule has 0 saturated carbocycles. The Morgan fingerprint density at radius 3 is 2.38 bits per heavy atom. The van der Waals surface area contributed by atoms with Crippen LogP contribution in [0.3, 0.4) is 0 Å². The largest absolute Gasteiger partial charge is 0.465 e. The lowest BCUT2D eigenvalue weighted by Crippen LogP contribution is -2.54. The SMILES string of the molecule is COC(=O)[C@]12O[C@@H](OC)[C@@H]3OC(=O)[C@H](C[C@H](c4cccc(NC(=O)c5ccc(-c6ccccc6)cc5)c4)O1)[C@@H]32. The third kappa shape index (κ3) is 4.28. The van der Waals surface area contributed by atoms with E-state index in [1.807, 2.05) is 42.5 Å². The Bertz CT molecular complexity index is 1410. The van der Waals surface area contributed by atoms with Gasteiger partial charge in [0.05, 0.1) is 25.0 Å². The average Bonchev–Trinajstić information content (AvgIpc) is 3.49. The van der Waals surface area contributed by atoms with Gasteiger partial charge in [-0.2, -0.15) is 0 Å². The minimum absolute atomic E-state index is 0.272. The summed E-state index contributed by atoms with van der Waals surface area (Å²) in [6.07, 6.45) is -2.15. The van der Waals surface area contributed by atoms with Crippen LogP contribution >= 0.6 is 0 Å². The number of nitrogens with one attached hydrogen (secondary N) is 1. The van der Waals surface area contributed by atoms with Gasteiger partial charge >= 0.3 is 11.9 Å². The summed E-state index contributed by atoms with van der Waals surface area (Å²) >= 11 is 0. The highest BCUT2D eigenvalue weighted by molar-refractivity contribution is 6.04. The number of ether oxygens (including phenoxy) is 5. The van der Waals surface area contributed by atoms with Crippen molar-refractivity contribution in [3.05, 3.63) is 90.0 Å². The lowest BCUT2D eigenvalue weighted by Gasteiger charge is -2.40. The van der Waals surface area contributed by atoms with Crippen LogP contribution < -0.4 is 5.32 Å². The molecule has 0 aromatic heterocycles. The van der Waals surface area contributed by atoms with Crippen molar-refractivity contribution in [2.45, 2.75) is 30.7 Å². The van der Waals surface area contributed by atoms with E-state index in [0.717, 1.165) is 11.1 Å². The van der Waals surface area contributed by atoms with Crippen LogP contribution in [0.25, 0.3) is 11.1 Å². The van der Waals surface area contributed by atoms with Gasteiger partial charge in [0.15, 0.2) is 12.4 Å². The van der Waals surface area contributed by atoms with E-state index in [2.05, 4.69) is 5.32 Å². The molecule has 3 aromatic carbocycles. The minimum Gasteiger partial charge on any atom is -0.465 e. The second-order valence-electron chi connectivity index (χ2n) is 9.78. The maximum absolute atomic E-state index is 13.0. The average molecular weight is 530 g/mol. The summed E-state index contributed by atoms with van der Waals surface area (Å²) in [5, 5.41) is 2.92. The number of hydrogen-bond acceptors (Lipinski definition) is 8. The topological polar surface area (TPSA) is 109 Å². The van der Waals surface area contributed by atoms with Crippen LogP contribution in [0, 0.1) is 11.8 Å². The zero-order valence-electron chi connectivity index (χ0n) is 21.4. The first kappa shape index (κ1) is 25.2. The van der Waals surface area contributed by atoms with Crippen LogP contribution in [-0.4, -0.2) is 50.2 Å². The number of esters is 2. The van der Waals surface area contributed by atoms with Crippen molar-refractivity contribution in [2.75, 3.05) is 19.5 Å². The molecule has 0 radical (unpaired) electrons. The van der Waals surface area contributed by atoms with Crippen LogP contribution in [0.2, 0.25) is 0 Å². The number of anilines is 1. The Balaban J connectivity index is 1.23. The van der Waals surface area contributed by atoms with E-state index < -0.39 is 48.1 Å². The highest BCUT2D eigenvalue weighted by atomic mass is 16.8. The number of rotatable bonds is 6. The maximum Gasteiger partial charge on any atom is 0.367 e. The lowest BCUT2D eigenvalue weighted by molar-refractivity contribution is -0.311. The van der Waals surface area contributed by atoms with E-state index in [1.54, 1.807) is 36.4 Å². The zero-order chi connectivity index (χ0) is 27.1. The van der Waals surface area contributed by atoms with Gasteiger partial charge in [0.1, 0.15) is 0 Å². The van der Waals surface area contributed by atoms with Crippen molar-refractivity contribution >= 4 is 23.5 Å². The van der Waals surface area contributed by atoms with Crippen molar-refractivity contribution in [1.82, 2.24) is 0 Å². The molecule has 3 aromatic rings. The Morgan fingerprint density at radius 1 is 0.923 bits per heavy atom. The lowest BCUT2D eigenvalue weighted by atomic mass is 9.77. The van der Waals surface area contributed by atoms with Gasteiger partial charge in [-0.05, 0) is 47.4 Å². The molecule has 9 nitrogen and oxygen atoms in total. The Labute approximate surface area is 225 Å². The van der Waals surface area contributed by atoms with Crippen molar-refractivity contribution in [3.8, 4) is 11.1 Å². The van der Waals surface area contributed by atoms with Gasteiger partial charge in [-0.15, -0.1) is 0 Å². The molecule has 0 aliphatic carbocycles. The molecule has 9 heteroatoms. The van der Waals surface area contributed by atoms with Gasteiger partial charge in [0.25, 0.3) is 11.7 Å². The molecule has 3 fully saturated rings. The Kier molecular flexibility index (Phi) is 6.42. The molecular formula is C30H27NO8.